The van der Waals surface area contributed by atoms with Gasteiger partial charge in [-0.1, -0.05) is 13.0 Å². The van der Waals surface area contributed by atoms with E-state index in [9.17, 15) is 9.59 Å². The van der Waals surface area contributed by atoms with E-state index in [0.29, 0.717) is 13.0 Å². The summed E-state index contributed by atoms with van der Waals surface area (Å²) in [4.78, 5) is 20.3. The number of hydrogen-bond acceptors (Lipinski definition) is 6. The smallest absolute Gasteiger partial charge is 0.330 e. The molecule has 0 aromatic carbocycles. The molecule has 1 atom stereocenters. The predicted octanol–water partition coefficient (Wildman–Crippen LogP) is -0.765. The Morgan fingerprint density at radius 3 is 2.39 bits per heavy atom. The fourth-order valence-electron chi connectivity index (χ4n) is 0.837. The lowest BCUT2D eigenvalue weighted by Gasteiger charge is -2.03. The van der Waals surface area contributed by atoms with Gasteiger partial charge in [-0.3, -0.25) is 4.79 Å². The molecule has 0 bridgehead atoms. The number of carboxylic acid groups (broad SMARTS) is 1. The summed E-state index contributed by atoms with van der Waals surface area (Å²) in [5, 5.41) is 16.4. The molecule has 0 saturated heterocycles. The Labute approximate surface area is 106 Å². The first-order valence-corrected chi connectivity index (χ1v) is 5.58. The van der Waals surface area contributed by atoms with Gasteiger partial charge in [-0.25, -0.2) is 4.79 Å². The monoisotopic (exact) mass is 262 g/mol. The van der Waals surface area contributed by atoms with Gasteiger partial charge in [0, 0.05) is 6.08 Å². The maximum absolute atomic E-state index is 10.1. The van der Waals surface area contributed by atoms with Gasteiger partial charge in [0.2, 0.25) is 0 Å². The van der Waals surface area contributed by atoms with Crippen molar-refractivity contribution in [1.82, 2.24) is 0 Å². The maximum atomic E-state index is 10.1. The SMILES string of the molecule is C=CC(=O)OCCO.NCCCCC(N)C(=O)O. The summed E-state index contributed by atoms with van der Waals surface area (Å²) < 4.78 is 4.33. The van der Waals surface area contributed by atoms with Crippen molar-refractivity contribution in [3.05, 3.63) is 12.7 Å². The van der Waals surface area contributed by atoms with Crippen molar-refractivity contribution in [2.75, 3.05) is 19.8 Å². The van der Waals surface area contributed by atoms with E-state index in [0.717, 1.165) is 18.9 Å². The highest BCUT2D eigenvalue weighted by molar-refractivity contribution is 5.81. The summed E-state index contributed by atoms with van der Waals surface area (Å²) in [6.07, 6.45) is 3.22. The van der Waals surface area contributed by atoms with Crippen LogP contribution in [0.4, 0.5) is 0 Å². The van der Waals surface area contributed by atoms with Crippen molar-refractivity contribution in [1.29, 1.82) is 0 Å². The first-order chi connectivity index (χ1) is 8.49. The Bertz CT molecular complexity index is 246. The van der Waals surface area contributed by atoms with Crippen LogP contribution in [0.15, 0.2) is 12.7 Å². The molecular weight excluding hydrogens is 240 g/mol. The third kappa shape index (κ3) is 14.6. The van der Waals surface area contributed by atoms with Gasteiger partial charge in [0.05, 0.1) is 6.61 Å². The largest absolute Gasteiger partial charge is 0.480 e. The molecule has 0 aliphatic carbocycles. The normalized spacial score (nSPS) is 10.8. The second kappa shape index (κ2) is 13.6. The molecule has 0 radical (unpaired) electrons. The van der Waals surface area contributed by atoms with Gasteiger partial charge in [0.15, 0.2) is 0 Å². The van der Waals surface area contributed by atoms with E-state index >= 15 is 0 Å². The van der Waals surface area contributed by atoms with Crippen molar-refractivity contribution in [2.24, 2.45) is 11.5 Å². The van der Waals surface area contributed by atoms with Crippen LogP contribution in [-0.2, 0) is 14.3 Å². The first kappa shape index (κ1) is 18.9. The third-order valence-corrected chi connectivity index (χ3v) is 1.79. The highest BCUT2D eigenvalue weighted by Crippen LogP contribution is 1.96. The zero-order valence-electron chi connectivity index (χ0n) is 10.4. The average Bonchev–Trinajstić information content (AvgIpc) is 2.36. The number of esters is 1. The van der Waals surface area contributed by atoms with Crippen LogP contribution in [-0.4, -0.2) is 48.0 Å². The molecule has 6 N–H and O–H groups in total. The summed E-state index contributed by atoms with van der Waals surface area (Å²) in [6, 6.07) is -0.716. The van der Waals surface area contributed by atoms with Crippen LogP contribution in [0.2, 0.25) is 0 Å². The number of rotatable bonds is 8. The van der Waals surface area contributed by atoms with Crippen LogP contribution in [0.3, 0.4) is 0 Å². The zero-order valence-corrected chi connectivity index (χ0v) is 10.4. The van der Waals surface area contributed by atoms with Crippen LogP contribution in [0.1, 0.15) is 19.3 Å². The molecule has 0 spiro atoms. The van der Waals surface area contributed by atoms with Gasteiger partial charge >= 0.3 is 11.9 Å². The molecule has 0 amide bonds. The van der Waals surface area contributed by atoms with Gasteiger partial charge < -0.3 is 26.4 Å². The van der Waals surface area contributed by atoms with Gasteiger partial charge in [-0.15, -0.1) is 0 Å². The lowest BCUT2D eigenvalue weighted by molar-refractivity contribution is -0.139. The molecule has 0 aromatic rings. The Morgan fingerprint density at radius 2 is 2.00 bits per heavy atom. The van der Waals surface area contributed by atoms with Crippen molar-refractivity contribution < 1.29 is 24.5 Å². The Morgan fingerprint density at radius 1 is 1.39 bits per heavy atom. The molecular formula is C11H22N2O5. The third-order valence-electron chi connectivity index (χ3n) is 1.79. The fraction of sp³-hybridized carbons (Fsp3) is 0.636. The number of aliphatic hydroxyl groups excluding tert-OH is 1. The summed E-state index contributed by atoms with van der Waals surface area (Å²) >= 11 is 0. The molecule has 1 unspecified atom stereocenters. The number of carbonyl (C=O) groups excluding carboxylic acids is 1. The van der Waals surface area contributed by atoms with Gasteiger partial charge in [-0.2, -0.15) is 0 Å². The molecule has 18 heavy (non-hydrogen) atoms. The molecule has 0 fully saturated rings. The number of carboxylic acids is 1. The molecule has 7 heteroatoms. The standard InChI is InChI=1S/C6H14N2O2.C5H8O3/c7-4-2-1-3-5(8)6(9)10;1-2-5(7)8-4-3-6/h5H,1-4,7-8H2,(H,9,10);2,6H,1,3-4H2. The number of hydrogen-bond donors (Lipinski definition) is 4. The first-order valence-electron chi connectivity index (χ1n) is 5.58. The van der Waals surface area contributed by atoms with E-state index in [4.69, 9.17) is 21.7 Å². The van der Waals surface area contributed by atoms with Crippen LogP contribution < -0.4 is 11.5 Å². The van der Waals surface area contributed by atoms with Crippen LogP contribution in [0, 0.1) is 0 Å². The summed E-state index contributed by atoms with van der Waals surface area (Å²) in [7, 11) is 0. The van der Waals surface area contributed by atoms with E-state index in [1.807, 2.05) is 0 Å². The van der Waals surface area contributed by atoms with E-state index in [1.54, 1.807) is 0 Å². The summed E-state index contributed by atoms with van der Waals surface area (Å²) in [5.74, 6) is -1.43. The van der Waals surface area contributed by atoms with Gasteiger partial charge in [0.1, 0.15) is 12.6 Å². The molecule has 7 nitrogen and oxygen atoms in total. The number of unbranched alkanes of at least 4 members (excludes halogenated alkanes) is 1. The van der Waals surface area contributed by atoms with E-state index in [2.05, 4.69) is 11.3 Å². The highest BCUT2D eigenvalue weighted by Gasteiger charge is 2.09. The van der Waals surface area contributed by atoms with Crippen LogP contribution in [0.5, 0.6) is 0 Å². The van der Waals surface area contributed by atoms with Crippen LogP contribution >= 0.6 is 0 Å². The Kier molecular flexibility index (Phi) is 14.3. The lowest BCUT2D eigenvalue weighted by atomic mass is 10.1. The Balaban J connectivity index is 0. The lowest BCUT2D eigenvalue weighted by Crippen LogP contribution is -2.29. The number of aliphatic hydroxyl groups is 1. The quantitative estimate of drug-likeness (QED) is 0.256. The van der Waals surface area contributed by atoms with Gasteiger partial charge in [-0.05, 0) is 19.4 Å². The summed E-state index contributed by atoms with van der Waals surface area (Å²) in [5.41, 5.74) is 10.4. The number of aliphatic carboxylic acids is 1. The van der Waals surface area contributed by atoms with Crippen molar-refractivity contribution in [3.8, 4) is 0 Å². The molecule has 0 heterocycles. The minimum absolute atomic E-state index is 0.0465. The number of carbonyl (C=O) groups is 2. The highest BCUT2D eigenvalue weighted by atomic mass is 16.5. The summed E-state index contributed by atoms with van der Waals surface area (Å²) in [6.45, 7) is 3.67. The molecule has 0 rings (SSSR count). The molecule has 0 saturated carbocycles. The molecule has 0 aliphatic heterocycles. The molecule has 0 aromatic heterocycles. The number of nitrogens with two attached hydrogens (primary N) is 2. The molecule has 0 aliphatic rings. The second-order valence-electron chi connectivity index (χ2n) is 3.32. The van der Waals surface area contributed by atoms with E-state index in [1.165, 1.54) is 0 Å². The zero-order chi connectivity index (χ0) is 14.4. The van der Waals surface area contributed by atoms with Crippen molar-refractivity contribution >= 4 is 11.9 Å². The van der Waals surface area contributed by atoms with Crippen molar-refractivity contribution in [3.63, 3.8) is 0 Å². The fourth-order valence-corrected chi connectivity index (χ4v) is 0.837. The predicted molar refractivity (Wildman–Crippen MR) is 66.8 cm³/mol. The molecule has 106 valence electrons. The van der Waals surface area contributed by atoms with E-state index in [-0.39, 0.29) is 13.2 Å². The Hall–Kier alpha value is -1.44. The van der Waals surface area contributed by atoms with Crippen molar-refractivity contribution in [2.45, 2.75) is 25.3 Å². The minimum Gasteiger partial charge on any atom is -0.480 e. The number of ether oxygens (including phenoxy) is 1. The topological polar surface area (TPSA) is 136 Å². The average molecular weight is 262 g/mol. The minimum atomic E-state index is -0.933. The second-order valence-corrected chi connectivity index (χ2v) is 3.32. The van der Waals surface area contributed by atoms with Crippen LogP contribution in [0.25, 0.3) is 0 Å². The van der Waals surface area contributed by atoms with Gasteiger partial charge in [0.25, 0.3) is 0 Å². The van der Waals surface area contributed by atoms with E-state index < -0.39 is 18.0 Å². The maximum Gasteiger partial charge on any atom is 0.330 e.